The minimum absolute atomic E-state index is 0. The maximum absolute atomic E-state index is 3.44. The van der Waals surface area contributed by atoms with E-state index in [-0.39, 0.29) is 56.1 Å². The molecule has 0 aromatic rings. The fourth-order valence-electron chi connectivity index (χ4n) is 4.20. The smallest absolute Gasteiger partial charge is 0.0862 e. The Hall–Kier alpha value is 0.627. The van der Waals surface area contributed by atoms with Crippen LogP contribution in [0.3, 0.4) is 0 Å². The molecule has 4 heteroatoms. The fourth-order valence-corrected chi connectivity index (χ4v) is 8.81. The maximum atomic E-state index is 3.44. The van der Waals surface area contributed by atoms with Crippen LogP contribution in [0.15, 0.2) is 39.6 Å². The molecule has 2 aliphatic carbocycles. The van der Waals surface area contributed by atoms with Crippen LogP contribution in [0.2, 0.25) is 18.1 Å². The summed E-state index contributed by atoms with van der Waals surface area (Å²) < 4.78 is 0. The van der Waals surface area contributed by atoms with Crippen LogP contribution in [0.4, 0.5) is 0 Å². The zero-order chi connectivity index (χ0) is 17.3. The summed E-state index contributed by atoms with van der Waals surface area (Å²) in [6.45, 7) is 15.5. The predicted octanol–water partition coefficient (Wildman–Crippen LogP) is 1.18. The molecule has 1 aliphatic heterocycles. The Balaban J connectivity index is 0. The Labute approximate surface area is 194 Å². The van der Waals surface area contributed by atoms with Gasteiger partial charge in [-0.25, -0.2) is 5.57 Å². The number of hydrogen-bond donors (Lipinski definition) is 0. The molecule has 0 aromatic heterocycles. The van der Waals surface area contributed by atoms with Crippen LogP contribution in [-0.4, -0.2) is 8.07 Å². The predicted molar refractivity (Wildman–Crippen MR) is 106 cm³/mol. The van der Waals surface area contributed by atoms with Crippen LogP contribution in [0.1, 0.15) is 67.7 Å². The summed E-state index contributed by atoms with van der Waals surface area (Å²) in [6, 6.07) is 4.70. The molecule has 0 spiro atoms. The van der Waals surface area contributed by atoms with Crippen LogP contribution in [0.5, 0.6) is 0 Å². The van der Waals surface area contributed by atoms with Crippen molar-refractivity contribution < 1.29 is 50.7 Å². The van der Waals surface area contributed by atoms with Crippen molar-refractivity contribution in [2.24, 2.45) is 5.41 Å². The Morgan fingerprint density at radius 2 is 1.65 bits per heavy atom. The van der Waals surface area contributed by atoms with E-state index in [9.17, 15) is 0 Å². The van der Waals surface area contributed by atoms with E-state index >= 15 is 0 Å². The Morgan fingerprint density at radius 1 is 1.08 bits per heavy atom. The zero-order valence-corrected chi connectivity index (χ0v) is 23.8. The van der Waals surface area contributed by atoms with Crippen molar-refractivity contribution in [3.63, 3.8) is 0 Å². The molecular formula is C22H35Cl2HfSi-3. The second-order valence-corrected chi connectivity index (χ2v) is 13.0. The van der Waals surface area contributed by atoms with Gasteiger partial charge in [-0.3, -0.25) is 6.08 Å². The largest absolute Gasteiger partial charge is 1.00 e. The van der Waals surface area contributed by atoms with Gasteiger partial charge in [0.15, 0.2) is 0 Å². The summed E-state index contributed by atoms with van der Waals surface area (Å²) in [5.74, 6) is 0. The van der Waals surface area contributed by atoms with Gasteiger partial charge in [-0.2, -0.15) is 11.1 Å². The average Bonchev–Trinajstić information content (AvgIpc) is 2.94. The third-order valence-electron chi connectivity index (χ3n) is 6.26. The molecule has 3 rings (SSSR count). The summed E-state index contributed by atoms with van der Waals surface area (Å²) >= 11 is 0. The van der Waals surface area contributed by atoms with Gasteiger partial charge in [0.2, 0.25) is 0 Å². The van der Waals surface area contributed by atoms with Crippen molar-refractivity contribution in [3.8, 4) is 0 Å². The van der Waals surface area contributed by atoms with Gasteiger partial charge in [-0.1, -0.05) is 93.9 Å². The summed E-state index contributed by atoms with van der Waals surface area (Å²) in [5.41, 5.74) is 5.98. The van der Waals surface area contributed by atoms with Crippen molar-refractivity contribution in [2.45, 2.75) is 85.9 Å². The van der Waals surface area contributed by atoms with E-state index in [1.54, 1.807) is 28.9 Å². The second kappa shape index (κ2) is 11.6. The van der Waals surface area contributed by atoms with Crippen molar-refractivity contribution in [1.82, 2.24) is 0 Å². The van der Waals surface area contributed by atoms with E-state index in [0.29, 0.717) is 0 Å². The van der Waals surface area contributed by atoms with Crippen LogP contribution in [-0.2, 0) is 25.8 Å². The van der Waals surface area contributed by atoms with Gasteiger partial charge in [0.1, 0.15) is 0 Å². The normalized spacial score (nSPS) is 21.6. The van der Waals surface area contributed by atoms with Crippen molar-refractivity contribution in [2.75, 3.05) is 0 Å². The van der Waals surface area contributed by atoms with E-state index in [4.69, 9.17) is 0 Å². The van der Waals surface area contributed by atoms with Crippen LogP contribution < -0.4 is 24.8 Å². The van der Waals surface area contributed by atoms with Gasteiger partial charge < -0.3 is 24.8 Å². The molecule has 3 aliphatic rings. The monoisotopic (exact) mass is 577 g/mol. The molecule has 0 N–H and O–H groups in total. The number of halogens is 2. The molecule has 0 aromatic carbocycles. The maximum Gasteiger partial charge on any atom is 0.0862 e. The van der Waals surface area contributed by atoms with Crippen molar-refractivity contribution in [1.29, 1.82) is 0 Å². The molecule has 0 bridgehead atoms. The van der Waals surface area contributed by atoms with Crippen LogP contribution in [0.25, 0.3) is 0 Å². The van der Waals surface area contributed by atoms with Crippen molar-refractivity contribution in [3.05, 3.63) is 45.7 Å². The minimum atomic E-state index is -0.867. The van der Waals surface area contributed by atoms with Crippen molar-refractivity contribution >= 4 is 8.07 Å². The molecule has 0 unspecified atom stereocenters. The molecule has 0 amide bonds. The molecule has 1 fully saturated rings. The Bertz CT molecular complexity index is 593. The van der Waals surface area contributed by atoms with Gasteiger partial charge >= 0.3 is 0 Å². The Morgan fingerprint density at radius 3 is 1.88 bits per heavy atom. The average molecular weight is 577 g/mol. The second-order valence-electron chi connectivity index (χ2n) is 8.36. The first-order valence-corrected chi connectivity index (χ1v) is 12.0. The topological polar surface area (TPSA) is 0 Å². The first-order valence-electron chi connectivity index (χ1n) is 9.40. The molecule has 0 atom stereocenters. The minimum Gasteiger partial charge on any atom is -1.00 e. The standard InChI is InChI=1S/C12H20Si.C10H15.2ClH.Hf/c1-3-7-13(8-4-9-13)12-6-5-11(2)10-12;1-7-6-10(4,5)9(3)8(7)2;;;/h6,10H,3-5,7-9H2,1-2H3;1-5H3;2*1H;/q;-1;;;/p-2. The third kappa shape index (κ3) is 6.32. The van der Waals surface area contributed by atoms with E-state index in [1.165, 1.54) is 36.0 Å². The fraction of sp³-hybridized carbons (Fsp3) is 0.636. The third-order valence-corrected chi connectivity index (χ3v) is 11.9. The summed E-state index contributed by atoms with van der Waals surface area (Å²) in [6.07, 6.45) is 12.6. The molecule has 0 radical (unpaired) electrons. The SMILES string of the molecule is CC1=[C-]C(C)(C)C(C)=C1C.CCC[Si]1(C2=CCC(C)=C2)CCC1.[Cl-].[Cl-].[Hf]. The van der Waals surface area contributed by atoms with E-state index < -0.39 is 8.07 Å². The molecule has 148 valence electrons. The van der Waals surface area contributed by atoms with E-state index in [2.05, 4.69) is 66.7 Å². The Kier molecular flexibility index (Phi) is 12.8. The van der Waals surface area contributed by atoms with Crippen LogP contribution >= 0.6 is 0 Å². The van der Waals surface area contributed by atoms with Gasteiger partial charge in [0.25, 0.3) is 0 Å². The summed E-state index contributed by atoms with van der Waals surface area (Å²) in [4.78, 5) is 0. The molecule has 0 nitrogen and oxygen atoms in total. The van der Waals surface area contributed by atoms with E-state index in [1.807, 2.05) is 0 Å². The molecule has 1 saturated heterocycles. The molecule has 0 saturated carbocycles. The van der Waals surface area contributed by atoms with Gasteiger partial charge in [-0.15, -0.1) is 6.92 Å². The number of allylic oxidation sites excluding steroid dienone is 8. The first kappa shape index (κ1) is 28.8. The molecule has 26 heavy (non-hydrogen) atoms. The van der Waals surface area contributed by atoms with E-state index in [0.717, 1.165) is 0 Å². The molecular weight excluding hydrogens is 542 g/mol. The summed E-state index contributed by atoms with van der Waals surface area (Å²) in [5, 5.41) is 1.80. The van der Waals surface area contributed by atoms with Gasteiger partial charge in [-0.05, 0) is 13.3 Å². The number of rotatable bonds is 3. The molecule has 1 heterocycles. The van der Waals surface area contributed by atoms with Gasteiger partial charge in [0, 0.05) is 25.8 Å². The summed E-state index contributed by atoms with van der Waals surface area (Å²) in [7, 11) is -0.867. The van der Waals surface area contributed by atoms with Gasteiger partial charge in [0.05, 0.1) is 8.07 Å². The first-order chi connectivity index (χ1) is 10.7. The quantitative estimate of drug-likeness (QED) is 0.350. The van der Waals surface area contributed by atoms with Crippen LogP contribution in [0, 0.1) is 11.5 Å². The number of hydrogen-bond acceptors (Lipinski definition) is 0. The zero-order valence-electron chi connectivity index (χ0n) is 17.7.